The van der Waals surface area contributed by atoms with Crippen molar-refractivity contribution in [2.45, 2.75) is 13.8 Å². The second-order valence-corrected chi connectivity index (χ2v) is 5.61. The third-order valence-corrected chi connectivity index (χ3v) is 4.06. The highest BCUT2D eigenvalue weighted by Crippen LogP contribution is 2.26. The third kappa shape index (κ3) is 3.17. The summed E-state index contributed by atoms with van der Waals surface area (Å²) in [4.78, 5) is 12.2. The van der Waals surface area contributed by atoms with Gasteiger partial charge in [0.2, 0.25) is 0 Å². The predicted octanol–water partition coefficient (Wildman–Crippen LogP) is 4.97. The fourth-order valence-electron chi connectivity index (χ4n) is 1.71. The molecule has 2 rings (SSSR count). The quantitative estimate of drug-likeness (QED) is 0.823. The van der Waals surface area contributed by atoms with E-state index in [9.17, 15) is 4.79 Å². The van der Waals surface area contributed by atoms with Crippen molar-refractivity contribution in [1.82, 2.24) is 0 Å². The fraction of sp³-hybridized carbons (Fsp3) is 0.133. The van der Waals surface area contributed by atoms with E-state index in [1.165, 1.54) is 0 Å². The molecule has 2 aromatic rings. The summed E-state index contributed by atoms with van der Waals surface area (Å²) < 4.78 is 0.913. The Bertz CT molecular complexity index is 620. The van der Waals surface area contributed by atoms with Crippen LogP contribution in [0.25, 0.3) is 0 Å². The second-order valence-electron chi connectivity index (χ2n) is 4.35. The van der Waals surface area contributed by atoms with Gasteiger partial charge in [-0.15, -0.1) is 0 Å². The second kappa shape index (κ2) is 5.76. The van der Waals surface area contributed by atoms with E-state index >= 15 is 0 Å². The van der Waals surface area contributed by atoms with Crippen LogP contribution in [0.2, 0.25) is 5.02 Å². The lowest BCUT2D eigenvalue weighted by molar-refractivity contribution is 0.102. The number of rotatable bonds is 2. The summed E-state index contributed by atoms with van der Waals surface area (Å²) in [5.41, 5.74) is 3.28. The molecule has 0 bridgehead atoms. The monoisotopic (exact) mass is 337 g/mol. The van der Waals surface area contributed by atoms with Crippen LogP contribution in [0.1, 0.15) is 21.5 Å². The van der Waals surface area contributed by atoms with Gasteiger partial charge in [0.05, 0.1) is 10.7 Å². The Labute approximate surface area is 125 Å². The number of anilines is 1. The molecule has 0 aliphatic carbocycles. The zero-order chi connectivity index (χ0) is 14.0. The number of benzene rings is 2. The van der Waals surface area contributed by atoms with Gasteiger partial charge in [0.15, 0.2) is 0 Å². The van der Waals surface area contributed by atoms with E-state index in [0.29, 0.717) is 16.3 Å². The van der Waals surface area contributed by atoms with Crippen LogP contribution in [0.15, 0.2) is 40.9 Å². The number of hydrogen-bond donors (Lipinski definition) is 1. The molecule has 1 amide bonds. The third-order valence-electron chi connectivity index (χ3n) is 2.89. The lowest BCUT2D eigenvalue weighted by atomic mass is 10.1. The minimum atomic E-state index is -0.170. The van der Waals surface area contributed by atoms with Crippen LogP contribution in [-0.4, -0.2) is 5.91 Å². The summed E-state index contributed by atoms with van der Waals surface area (Å²) in [6.07, 6.45) is 0. The largest absolute Gasteiger partial charge is 0.320 e. The van der Waals surface area contributed by atoms with Crippen molar-refractivity contribution in [2.75, 3.05) is 5.32 Å². The first-order valence-electron chi connectivity index (χ1n) is 5.81. The molecule has 0 spiro atoms. The maximum absolute atomic E-state index is 12.2. The molecule has 0 saturated heterocycles. The first-order valence-corrected chi connectivity index (χ1v) is 6.99. The highest BCUT2D eigenvalue weighted by Gasteiger charge is 2.11. The number of nitrogens with one attached hydrogen (secondary N) is 1. The van der Waals surface area contributed by atoms with Crippen molar-refractivity contribution in [2.24, 2.45) is 0 Å². The molecule has 0 aliphatic rings. The topological polar surface area (TPSA) is 29.1 Å². The van der Waals surface area contributed by atoms with Gasteiger partial charge in [0.1, 0.15) is 0 Å². The highest BCUT2D eigenvalue weighted by molar-refractivity contribution is 9.10. The van der Waals surface area contributed by atoms with Crippen molar-refractivity contribution in [3.8, 4) is 0 Å². The number of carbonyl (C=O) groups excluding carboxylic acids is 1. The minimum Gasteiger partial charge on any atom is -0.320 e. The molecule has 0 unspecified atom stereocenters. The van der Waals surface area contributed by atoms with Crippen LogP contribution in [0.4, 0.5) is 5.69 Å². The molecule has 1 N–H and O–H groups in total. The van der Waals surface area contributed by atoms with E-state index in [2.05, 4.69) is 21.2 Å². The molecule has 98 valence electrons. The van der Waals surface area contributed by atoms with Crippen LogP contribution in [-0.2, 0) is 0 Å². The lowest BCUT2D eigenvalue weighted by Gasteiger charge is -2.10. The Hall–Kier alpha value is -1.32. The minimum absolute atomic E-state index is 0.170. The Morgan fingerprint density at radius 2 is 1.89 bits per heavy atom. The summed E-state index contributed by atoms with van der Waals surface area (Å²) in [6, 6.07) is 11.0. The summed E-state index contributed by atoms with van der Waals surface area (Å²) >= 11 is 9.52. The molecule has 0 heterocycles. The average molecular weight is 339 g/mol. The van der Waals surface area contributed by atoms with E-state index in [1.54, 1.807) is 18.2 Å². The summed E-state index contributed by atoms with van der Waals surface area (Å²) in [5.74, 6) is -0.170. The number of aryl methyl sites for hydroxylation is 2. The van der Waals surface area contributed by atoms with Gasteiger partial charge in [0, 0.05) is 10.0 Å². The first kappa shape index (κ1) is 14.1. The highest BCUT2D eigenvalue weighted by atomic mass is 79.9. The SMILES string of the molecule is Cc1ccc(C(=O)Nc2c(C)cccc2Cl)cc1Br. The van der Waals surface area contributed by atoms with E-state index in [0.717, 1.165) is 15.6 Å². The van der Waals surface area contributed by atoms with Crippen molar-refractivity contribution >= 4 is 39.1 Å². The molecule has 2 nitrogen and oxygen atoms in total. The van der Waals surface area contributed by atoms with Crippen LogP contribution in [0, 0.1) is 13.8 Å². The Morgan fingerprint density at radius 3 is 2.53 bits per heavy atom. The van der Waals surface area contributed by atoms with Gasteiger partial charge in [0.25, 0.3) is 5.91 Å². The van der Waals surface area contributed by atoms with Gasteiger partial charge in [-0.1, -0.05) is 45.7 Å². The number of hydrogen-bond acceptors (Lipinski definition) is 1. The number of para-hydroxylation sites is 1. The zero-order valence-corrected chi connectivity index (χ0v) is 13.0. The Balaban J connectivity index is 2.28. The molecular weight excluding hydrogens is 326 g/mol. The van der Waals surface area contributed by atoms with Gasteiger partial charge < -0.3 is 5.32 Å². The van der Waals surface area contributed by atoms with E-state index < -0.39 is 0 Å². The van der Waals surface area contributed by atoms with Crippen LogP contribution in [0.5, 0.6) is 0 Å². The Kier molecular flexibility index (Phi) is 4.27. The van der Waals surface area contributed by atoms with Crippen LogP contribution < -0.4 is 5.32 Å². The summed E-state index contributed by atoms with van der Waals surface area (Å²) in [5, 5.41) is 3.39. The number of amides is 1. The molecule has 2 aromatic carbocycles. The van der Waals surface area contributed by atoms with Gasteiger partial charge in [-0.25, -0.2) is 0 Å². The number of halogens is 2. The van der Waals surface area contributed by atoms with Crippen LogP contribution in [0.3, 0.4) is 0 Å². The first-order chi connectivity index (χ1) is 8.99. The molecular formula is C15H13BrClNO. The number of carbonyl (C=O) groups is 1. The van der Waals surface area contributed by atoms with E-state index in [4.69, 9.17) is 11.6 Å². The van der Waals surface area contributed by atoms with Crippen LogP contribution >= 0.6 is 27.5 Å². The van der Waals surface area contributed by atoms with Gasteiger partial charge >= 0.3 is 0 Å². The van der Waals surface area contributed by atoms with Crippen molar-refractivity contribution in [1.29, 1.82) is 0 Å². The standard InChI is InChI=1S/C15H13BrClNO/c1-9-6-7-11(8-12(9)16)15(19)18-14-10(2)4-3-5-13(14)17/h3-8H,1-2H3,(H,18,19). The summed E-state index contributed by atoms with van der Waals surface area (Å²) in [7, 11) is 0. The lowest BCUT2D eigenvalue weighted by Crippen LogP contribution is -2.13. The van der Waals surface area contributed by atoms with E-state index in [-0.39, 0.29) is 5.91 Å². The average Bonchev–Trinajstić information content (AvgIpc) is 2.37. The summed E-state index contributed by atoms with van der Waals surface area (Å²) in [6.45, 7) is 3.89. The van der Waals surface area contributed by atoms with Gasteiger partial charge in [-0.05, 0) is 43.2 Å². The molecule has 0 radical (unpaired) electrons. The molecule has 0 aromatic heterocycles. The molecule has 0 aliphatic heterocycles. The molecule has 0 saturated carbocycles. The maximum Gasteiger partial charge on any atom is 0.255 e. The maximum atomic E-state index is 12.2. The Morgan fingerprint density at radius 1 is 1.16 bits per heavy atom. The van der Waals surface area contributed by atoms with E-state index in [1.807, 2.05) is 32.0 Å². The van der Waals surface area contributed by atoms with Crippen molar-refractivity contribution in [3.05, 3.63) is 62.6 Å². The smallest absolute Gasteiger partial charge is 0.255 e. The van der Waals surface area contributed by atoms with Crippen molar-refractivity contribution in [3.63, 3.8) is 0 Å². The molecule has 4 heteroatoms. The normalized spacial score (nSPS) is 10.3. The predicted molar refractivity (Wildman–Crippen MR) is 83.0 cm³/mol. The molecule has 19 heavy (non-hydrogen) atoms. The molecule has 0 atom stereocenters. The van der Waals surface area contributed by atoms with Gasteiger partial charge in [-0.2, -0.15) is 0 Å². The zero-order valence-electron chi connectivity index (χ0n) is 10.6. The van der Waals surface area contributed by atoms with Crippen molar-refractivity contribution < 1.29 is 4.79 Å². The fourth-order valence-corrected chi connectivity index (χ4v) is 2.36. The van der Waals surface area contributed by atoms with Gasteiger partial charge in [-0.3, -0.25) is 4.79 Å². The molecule has 0 fully saturated rings.